The molecule has 0 aliphatic heterocycles. The van der Waals surface area contributed by atoms with Crippen LogP contribution in [0, 0.1) is 13.8 Å². The maximum Gasteiger partial charge on any atom is 0.328 e. The third kappa shape index (κ3) is 9.02. The molecular weight excluding hydrogens is 480 g/mol. The molecule has 0 saturated carbocycles. The van der Waals surface area contributed by atoms with Gasteiger partial charge in [0.25, 0.3) is 20.0 Å². The van der Waals surface area contributed by atoms with Gasteiger partial charge in [0.1, 0.15) is 0 Å². The second-order valence-electron chi connectivity index (χ2n) is 7.77. The van der Waals surface area contributed by atoms with Gasteiger partial charge >= 0.3 is 12.1 Å². The molecule has 0 unspecified atom stereocenters. The normalized spacial score (nSPS) is 11.5. The van der Waals surface area contributed by atoms with E-state index in [0.29, 0.717) is 12.8 Å². The number of aryl methyl sites for hydroxylation is 2. The number of urea groups is 2. The summed E-state index contributed by atoms with van der Waals surface area (Å²) < 4.78 is 52.7. The van der Waals surface area contributed by atoms with E-state index in [4.69, 9.17) is 0 Å². The van der Waals surface area contributed by atoms with Crippen molar-refractivity contribution in [3.63, 3.8) is 0 Å². The minimum Gasteiger partial charge on any atom is -0.337 e. The van der Waals surface area contributed by atoms with E-state index in [1.54, 1.807) is 38.1 Å². The minimum atomic E-state index is -3.93. The molecule has 10 nitrogen and oxygen atoms in total. The predicted octanol–water partition coefficient (Wildman–Crippen LogP) is 2.54. The van der Waals surface area contributed by atoms with E-state index in [1.165, 1.54) is 24.3 Å². The van der Waals surface area contributed by atoms with E-state index >= 15 is 0 Å². The zero-order chi connectivity index (χ0) is 25.2. The van der Waals surface area contributed by atoms with Crippen molar-refractivity contribution < 1.29 is 26.4 Å². The zero-order valence-electron chi connectivity index (χ0n) is 19.1. The van der Waals surface area contributed by atoms with Gasteiger partial charge in [0, 0.05) is 13.1 Å². The van der Waals surface area contributed by atoms with Crippen molar-refractivity contribution in [3.8, 4) is 0 Å². The number of carbonyl (C=O) groups is 2. The lowest BCUT2D eigenvalue weighted by Crippen LogP contribution is -2.40. The lowest BCUT2D eigenvalue weighted by Gasteiger charge is -2.10. The van der Waals surface area contributed by atoms with Crippen molar-refractivity contribution in [3.05, 3.63) is 59.7 Å². The molecule has 4 N–H and O–H groups in total. The van der Waals surface area contributed by atoms with Crippen LogP contribution in [0.4, 0.5) is 9.59 Å². The molecule has 0 saturated heterocycles. The van der Waals surface area contributed by atoms with E-state index in [9.17, 15) is 26.4 Å². The van der Waals surface area contributed by atoms with E-state index < -0.39 is 32.1 Å². The van der Waals surface area contributed by atoms with Crippen molar-refractivity contribution in [2.24, 2.45) is 0 Å². The summed E-state index contributed by atoms with van der Waals surface area (Å²) >= 11 is 0. The first kappa shape index (κ1) is 27.1. The topological polar surface area (TPSA) is 151 Å². The highest BCUT2D eigenvalue weighted by molar-refractivity contribution is 7.90. The average Bonchev–Trinajstić information content (AvgIpc) is 2.75. The molecule has 2 aromatic carbocycles. The Morgan fingerprint density at radius 3 is 1.38 bits per heavy atom. The first-order chi connectivity index (χ1) is 16.0. The molecule has 0 heterocycles. The van der Waals surface area contributed by atoms with Crippen molar-refractivity contribution in [2.75, 3.05) is 13.1 Å². The summed E-state index contributed by atoms with van der Waals surface area (Å²) in [6, 6.07) is 10.9. The average molecular weight is 511 g/mol. The summed E-state index contributed by atoms with van der Waals surface area (Å²) in [7, 11) is -7.86. The standard InChI is InChI=1S/C22H30N4O6S2/c1-17-9-7-11-19(15-17)33(29,30)25-21(27)23-13-5-3-4-6-14-24-22(28)26-34(31,32)20-12-8-10-18(2)16-20/h7-12,15-16H,3-6,13-14H2,1-2H3,(H2,23,25,27)(H2,24,26,28). The predicted molar refractivity (Wildman–Crippen MR) is 128 cm³/mol. The number of amides is 4. The number of sulfonamides is 2. The summed E-state index contributed by atoms with van der Waals surface area (Å²) in [6.07, 6.45) is 2.70. The van der Waals surface area contributed by atoms with Crippen LogP contribution in [0.5, 0.6) is 0 Å². The molecule has 2 rings (SSSR count). The van der Waals surface area contributed by atoms with Gasteiger partial charge in [-0.3, -0.25) is 0 Å². The van der Waals surface area contributed by atoms with Crippen molar-refractivity contribution in [2.45, 2.75) is 49.3 Å². The highest BCUT2D eigenvalue weighted by Gasteiger charge is 2.18. The van der Waals surface area contributed by atoms with Crippen LogP contribution < -0.4 is 20.1 Å². The molecule has 0 aliphatic rings. The van der Waals surface area contributed by atoms with Crippen LogP contribution in [0.15, 0.2) is 58.3 Å². The summed E-state index contributed by atoms with van der Waals surface area (Å²) in [5.41, 5.74) is 1.53. The highest BCUT2D eigenvalue weighted by atomic mass is 32.2. The van der Waals surface area contributed by atoms with Crippen LogP contribution in [0.2, 0.25) is 0 Å². The Labute approximate surface area is 200 Å². The van der Waals surface area contributed by atoms with Crippen molar-refractivity contribution in [1.82, 2.24) is 20.1 Å². The molecular formula is C22H30N4O6S2. The Balaban J connectivity index is 1.58. The second kappa shape index (κ2) is 12.4. The summed E-state index contributed by atoms with van der Waals surface area (Å²) in [5, 5.41) is 5.00. The number of rotatable bonds is 11. The molecule has 4 amide bonds. The summed E-state index contributed by atoms with van der Waals surface area (Å²) in [6.45, 7) is 4.10. The Morgan fingerprint density at radius 2 is 1.03 bits per heavy atom. The van der Waals surface area contributed by atoms with Crippen LogP contribution in [0.3, 0.4) is 0 Å². The van der Waals surface area contributed by atoms with E-state index in [0.717, 1.165) is 24.0 Å². The Kier molecular flexibility index (Phi) is 9.87. The third-order valence-electron chi connectivity index (χ3n) is 4.73. The molecule has 0 atom stereocenters. The third-order valence-corrected chi connectivity index (χ3v) is 7.39. The molecule has 0 aromatic heterocycles. The molecule has 2 aromatic rings. The monoisotopic (exact) mass is 510 g/mol. The van der Waals surface area contributed by atoms with Gasteiger partial charge in [0.15, 0.2) is 0 Å². The number of unbranched alkanes of at least 4 members (excludes halogenated alkanes) is 3. The van der Waals surface area contributed by atoms with E-state index in [1.807, 2.05) is 9.44 Å². The first-order valence-corrected chi connectivity index (χ1v) is 13.7. The van der Waals surface area contributed by atoms with E-state index in [2.05, 4.69) is 10.6 Å². The fourth-order valence-corrected chi connectivity index (χ4v) is 5.07. The molecule has 34 heavy (non-hydrogen) atoms. The van der Waals surface area contributed by atoms with Gasteiger partial charge in [-0.05, 0) is 62.1 Å². The van der Waals surface area contributed by atoms with Gasteiger partial charge in [0.05, 0.1) is 9.79 Å². The van der Waals surface area contributed by atoms with Crippen LogP contribution in [-0.2, 0) is 20.0 Å². The molecule has 12 heteroatoms. The van der Waals surface area contributed by atoms with E-state index in [-0.39, 0.29) is 22.9 Å². The lowest BCUT2D eigenvalue weighted by atomic mass is 10.2. The fraction of sp³-hybridized carbons (Fsp3) is 0.364. The maximum absolute atomic E-state index is 12.2. The number of benzene rings is 2. The van der Waals surface area contributed by atoms with Gasteiger partial charge in [-0.25, -0.2) is 35.9 Å². The largest absolute Gasteiger partial charge is 0.337 e. The van der Waals surface area contributed by atoms with Crippen molar-refractivity contribution in [1.29, 1.82) is 0 Å². The molecule has 0 fully saturated rings. The molecule has 0 spiro atoms. The first-order valence-electron chi connectivity index (χ1n) is 10.7. The zero-order valence-corrected chi connectivity index (χ0v) is 20.8. The summed E-state index contributed by atoms with van der Waals surface area (Å²) in [5.74, 6) is 0. The number of nitrogens with one attached hydrogen (secondary N) is 4. The quantitative estimate of drug-likeness (QED) is 0.341. The number of hydrogen-bond donors (Lipinski definition) is 4. The summed E-state index contributed by atoms with van der Waals surface area (Å²) in [4.78, 5) is 23.8. The molecule has 0 bridgehead atoms. The second-order valence-corrected chi connectivity index (χ2v) is 11.1. The molecule has 0 aliphatic carbocycles. The molecule has 0 radical (unpaired) electrons. The SMILES string of the molecule is Cc1cccc(S(=O)(=O)NC(=O)NCCCCCCNC(=O)NS(=O)(=O)c2cccc(C)c2)c1. The van der Waals surface area contributed by atoms with Gasteiger partial charge in [-0.2, -0.15) is 0 Å². The Morgan fingerprint density at radius 1 is 0.647 bits per heavy atom. The smallest absolute Gasteiger partial charge is 0.328 e. The Hall–Kier alpha value is -3.12. The van der Waals surface area contributed by atoms with Crippen molar-refractivity contribution >= 4 is 32.1 Å². The van der Waals surface area contributed by atoms with Crippen LogP contribution in [0.1, 0.15) is 36.8 Å². The fourth-order valence-electron chi connectivity index (χ4n) is 3.01. The minimum absolute atomic E-state index is 0.0193. The van der Waals surface area contributed by atoms with Gasteiger partial charge in [-0.1, -0.05) is 37.1 Å². The van der Waals surface area contributed by atoms with Gasteiger partial charge in [-0.15, -0.1) is 0 Å². The van der Waals surface area contributed by atoms with Crippen LogP contribution >= 0.6 is 0 Å². The number of carbonyl (C=O) groups excluding carboxylic acids is 2. The van der Waals surface area contributed by atoms with Crippen LogP contribution in [0.25, 0.3) is 0 Å². The van der Waals surface area contributed by atoms with Crippen LogP contribution in [-0.4, -0.2) is 42.0 Å². The maximum atomic E-state index is 12.2. The van der Waals surface area contributed by atoms with Gasteiger partial charge in [0.2, 0.25) is 0 Å². The number of hydrogen-bond acceptors (Lipinski definition) is 6. The lowest BCUT2D eigenvalue weighted by molar-refractivity contribution is 0.244. The highest BCUT2D eigenvalue weighted by Crippen LogP contribution is 2.11. The van der Waals surface area contributed by atoms with Gasteiger partial charge < -0.3 is 10.6 Å². The molecule has 186 valence electrons. The Bertz CT molecular complexity index is 1120.